The third kappa shape index (κ3) is 3.59. The molecule has 0 atom stereocenters. The number of aromatic nitrogens is 1. The number of amides is 3. The van der Waals surface area contributed by atoms with Gasteiger partial charge in [0.2, 0.25) is 5.91 Å². The molecule has 2 heterocycles. The molecule has 9 nitrogen and oxygen atoms in total. The van der Waals surface area contributed by atoms with Gasteiger partial charge in [-0.25, -0.2) is 13.6 Å². The van der Waals surface area contributed by atoms with Crippen LogP contribution in [-0.2, 0) is 17.3 Å². The number of nitrogens with zero attached hydrogens (tertiary/aromatic N) is 3. The van der Waals surface area contributed by atoms with Crippen LogP contribution in [0, 0.1) is 23.0 Å². The van der Waals surface area contributed by atoms with Gasteiger partial charge in [-0.1, -0.05) is 0 Å². The zero-order chi connectivity index (χ0) is 20.5. The fourth-order valence-electron chi connectivity index (χ4n) is 2.64. The Bertz CT molecular complexity index is 1010. The highest BCUT2D eigenvalue weighted by molar-refractivity contribution is 5.95. The number of urea groups is 1. The lowest BCUT2D eigenvalue weighted by atomic mass is 10.1. The highest BCUT2D eigenvalue weighted by Gasteiger charge is 2.44. The summed E-state index contributed by atoms with van der Waals surface area (Å²) >= 11 is 0. The first-order valence-corrected chi connectivity index (χ1v) is 7.87. The SMILES string of the molecule is N#Cc1cc(F)cnc1CNC(=O)CN1C(=O)Nc2ccc(F)cc2C1(O)O. The maximum atomic E-state index is 13.4. The van der Waals surface area contributed by atoms with Crippen LogP contribution in [-0.4, -0.2) is 38.6 Å². The van der Waals surface area contributed by atoms with Crippen molar-refractivity contribution in [2.45, 2.75) is 12.5 Å². The molecule has 3 rings (SSSR count). The van der Waals surface area contributed by atoms with E-state index in [0.717, 1.165) is 30.5 Å². The molecule has 0 unspecified atom stereocenters. The number of hydrogen-bond donors (Lipinski definition) is 4. The van der Waals surface area contributed by atoms with Crippen molar-refractivity contribution in [1.29, 1.82) is 5.26 Å². The average Bonchev–Trinajstić information content (AvgIpc) is 2.65. The van der Waals surface area contributed by atoms with Crippen LogP contribution in [0.25, 0.3) is 0 Å². The molecule has 1 aliphatic rings. The highest BCUT2D eigenvalue weighted by atomic mass is 19.1. The second-order valence-electron chi connectivity index (χ2n) is 5.88. The molecule has 3 amide bonds. The van der Waals surface area contributed by atoms with Crippen LogP contribution in [0.3, 0.4) is 0 Å². The smallest absolute Gasteiger partial charge is 0.326 e. The minimum absolute atomic E-state index is 0.0118. The number of fused-ring (bicyclic) bond motifs is 1. The van der Waals surface area contributed by atoms with E-state index in [9.17, 15) is 28.6 Å². The van der Waals surface area contributed by atoms with Crippen LogP contribution >= 0.6 is 0 Å². The molecule has 11 heteroatoms. The first-order valence-electron chi connectivity index (χ1n) is 7.87. The van der Waals surface area contributed by atoms with Crippen molar-refractivity contribution in [1.82, 2.24) is 15.2 Å². The number of hydrogen-bond acceptors (Lipinski definition) is 6. The fourth-order valence-corrected chi connectivity index (χ4v) is 2.64. The largest absolute Gasteiger partial charge is 0.349 e. The lowest BCUT2D eigenvalue weighted by Crippen LogP contribution is -2.57. The maximum absolute atomic E-state index is 13.4. The Morgan fingerprint density at radius 3 is 2.79 bits per heavy atom. The number of nitrogens with one attached hydrogen (secondary N) is 2. The quantitative estimate of drug-likeness (QED) is 0.562. The predicted octanol–water partition coefficient (Wildman–Crippen LogP) is 0.490. The van der Waals surface area contributed by atoms with Crippen molar-refractivity contribution >= 4 is 17.6 Å². The van der Waals surface area contributed by atoms with Gasteiger partial charge in [0.1, 0.15) is 24.2 Å². The lowest BCUT2D eigenvalue weighted by Gasteiger charge is -2.39. The van der Waals surface area contributed by atoms with Gasteiger partial charge in [-0.05, 0) is 24.3 Å². The van der Waals surface area contributed by atoms with Gasteiger partial charge in [0.05, 0.1) is 35.2 Å². The van der Waals surface area contributed by atoms with E-state index < -0.39 is 36.0 Å². The second-order valence-corrected chi connectivity index (χ2v) is 5.88. The number of nitriles is 1. The summed E-state index contributed by atoms with van der Waals surface area (Å²) in [5.41, 5.74) is -0.347. The number of halogens is 2. The number of rotatable bonds is 4. The summed E-state index contributed by atoms with van der Waals surface area (Å²) in [5.74, 6) is -5.23. The van der Waals surface area contributed by atoms with Gasteiger partial charge >= 0.3 is 6.03 Å². The lowest BCUT2D eigenvalue weighted by molar-refractivity contribution is -0.254. The molecular weight excluding hydrogens is 376 g/mol. The van der Waals surface area contributed by atoms with Crippen LogP contribution in [0.2, 0.25) is 0 Å². The first-order chi connectivity index (χ1) is 13.2. The van der Waals surface area contributed by atoms with Gasteiger partial charge in [0.15, 0.2) is 0 Å². The molecule has 2 aromatic rings. The summed E-state index contributed by atoms with van der Waals surface area (Å²) in [6.07, 6.45) is 0.873. The van der Waals surface area contributed by atoms with Crippen molar-refractivity contribution in [3.8, 4) is 6.07 Å². The van der Waals surface area contributed by atoms with Gasteiger partial charge in [0, 0.05) is 0 Å². The summed E-state index contributed by atoms with van der Waals surface area (Å²) in [6, 6.07) is 4.70. The molecule has 0 bridgehead atoms. The van der Waals surface area contributed by atoms with E-state index in [2.05, 4.69) is 15.6 Å². The third-order valence-electron chi connectivity index (χ3n) is 4.02. The van der Waals surface area contributed by atoms with E-state index in [1.807, 2.05) is 0 Å². The molecular formula is C17H13F2N5O4. The topological polar surface area (TPSA) is 139 Å². The van der Waals surface area contributed by atoms with Gasteiger partial charge in [-0.2, -0.15) is 5.26 Å². The van der Waals surface area contributed by atoms with Crippen molar-refractivity contribution in [3.63, 3.8) is 0 Å². The van der Waals surface area contributed by atoms with E-state index >= 15 is 0 Å². The Labute approximate surface area is 156 Å². The minimum Gasteiger partial charge on any atom is -0.349 e. The first kappa shape index (κ1) is 19.2. The molecule has 1 aromatic carbocycles. The minimum atomic E-state index is -2.93. The molecule has 4 N–H and O–H groups in total. The molecule has 1 aliphatic heterocycles. The Hall–Kier alpha value is -3.62. The van der Waals surface area contributed by atoms with Crippen molar-refractivity contribution in [2.75, 3.05) is 11.9 Å². The normalized spacial score (nSPS) is 14.7. The van der Waals surface area contributed by atoms with Crippen molar-refractivity contribution in [2.24, 2.45) is 0 Å². The number of benzene rings is 1. The molecule has 0 saturated carbocycles. The van der Waals surface area contributed by atoms with Crippen LogP contribution in [0.1, 0.15) is 16.8 Å². The molecule has 0 fully saturated rings. The van der Waals surface area contributed by atoms with E-state index in [1.165, 1.54) is 0 Å². The number of carbonyl (C=O) groups is 2. The van der Waals surface area contributed by atoms with E-state index in [-0.39, 0.29) is 29.1 Å². The molecule has 0 aliphatic carbocycles. The van der Waals surface area contributed by atoms with Crippen molar-refractivity contribution in [3.05, 3.63) is 58.9 Å². The zero-order valence-electron chi connectivity index (χ0n) is 14.1. The Morgan fingerprint density at radius 1 is 1.32 bits per heavy atom. The van der Waals surface area contributed by atoms with Crippen LogP contribution < -0.4 is 10.6 Å². The highest BCUT2D eigenvalue weighted by Crippen LogP contribution is 2.34. The summed E-state index contributed by atoms with van der Waals surface area (Å²) in [7, 11) is 0. The fraction of sp³-hybridized carbons (Fsp3) is 0.176. The van der Waals surface area contributed by atoms with Gasteiger partial charge in [0.25, 0.3) is 5.91 Å². The molecule has 0 spiro atoms. The molecule has 0 radical (unpaired) electrons. The average molecular weight is 389 g/mol. The number of anilines is 1. The number of carbonyl (C=O) groups excluding carboxylic acids is 2. The molecule has 0 saturated heterocycles. The van der Waals surface area contributed by atoms with E-state index in [4.69, 9.17) is 5.26 Å². The van der Waals surface area contributed by atoms with Gasteiger partial charge < -0.3 is 20.8 Å². The van der Waals surface area contributed by atoms with E-state index in [0.29, 0.717) is 4.90 Å². The van der Waals surface area contributed by atoms with Crippen LogP contribution in [0.15, 0.2) is 30.5 Å². The predicted molar refractivity (Wildman–Crippen MR) is 89.0 cm³/mol. The van der Waals surface area contributed by atoms with Crippen LogP contribution in [0.4, 0.5) is 19.3 Å². The monoisotopic (exact) mass is 389 g/mol. The Morgan fingerprint density at radius 2 is 2.07 bits per heavy atom. The van der Waals surface area contributed by atoms with Gasteiger partial charge in [-0.15, -0.1) is 0 Å². The standard InChI is InChI=1S/C17H13F2N5O4/c18-10-1-2-13-12(4-10)17(27,28)24(16(26)23-13)8-15(25)22-7-14-9(5-20)3-11(19)6-21-14/h1-4,6,27-28H,7-8H2,(H,22,25)(H,23,26). The van der Waals surface area contributed by atoms with Gasteiger partial charge in [-0.3, -0.25) is 14.7 Å². The zero-order valence-corrected chi connectivity index (χ0v) is 14.1. The Balaban J connectivity index is 1.73. The third-order valence-corrected chi connectivity index (χ3v) is 4.02. The molecule has 144 valence electrons. The second kappa shape index (κ2) is 7.18. The molecule has 1 aromatic heterocycles. The Kier molecular flexibility index (Phi) is 4.91. The summed E-state index contributed by atoms with van der Waals surface area (Å²) in [5, 5.41) is 34.2. The van der Waals surface area contributed by atoms with Crippen LogP contribution in [0.5, 0.6) is 0 Å². The summed E-state index contributed by atoms with van der Waals surface area (Å²) in [4.78, 5) is 28.4. The number of aliphatic hydroxyl groups is 2. The van der Waals surface area contributed by atoms with Crippen molar-refractivity contribution < 1.29 is 28.6 Å². The summed E-state index contributed by atoms with van der Waals surface area (Å²) < 4.78 is 26.5. The van der Waals surface area contributed by atoms with E-state index in [1.54, 1.807) is 6.07 Å². The summed E-state index contributed by atoms with van der Waals surface area (Å²) in [6.45, 7) is -1.05. The molecule has 28 heavy (non-hydrogen) atoms. The number of pyridine rings is 1. The maximum Gasteiger partial charge on any atom is 0.326 e.